The monoisotopic (exact) mass is 250 g/mol. The number of aliphatic hydroxyl groups excluding tert-OH is 1. The van der Waals surface area contributed by atoms with Crippen molar-refractivity contribution in [2.24, 2.45) is 5.41 Å². The van der Waals surface area contributed by atoms with Crippen molar-refractivity contribution in [3.05, 3.63) is 29.8 Å². The second kappa shape index (κ2) is 5.87. The van der Waals surface area contributed by atoms with Gasteiger partial charge in [-0.1, -0.05) is 19.9 Å². The average Bonchev–Trinajstić information content (AvgIpc) is 2.36. The van der Waals surface area contributed by atoms with Gasteiger partial charge in [-0.2, -0.15) is 0 Å². The SMILES string of the molecule is CN(C)c1cccc(C(=O)NCC(C)(C)CO)c1. The molecular formula is C14H22N2O2. The van der Waals surface area contributed by atoms with Crippen LogP contribution in [0.1, 0.15) is 24.2 Å². The van der Waals surface area contributed by atoms with E-state index in [1.807, 2.05) is 51.0 Å². The molecule has 0 saturated carbocycles. The maximum absolute atomic E-state index is 12.0. The molecule has 100 valence electrons. The van der Waals surface area contributed by atoms with Crippen molar-refractivity contribution in [1.82, 2.24) is 5.32 Å². The highest BCUT2D eigenvalue weighted by Gasteiger charge is 2.18. The fraction of sp³-hybridized carbons (Fsp3) is 0.500. The lowest BCUT2D eigenvalue weighted by Gasteiger charge is -2.22. The Bertz CT molecular complexity index is 414. The molecule has 0 unspecified atom stereocenters. The number of nitrogens with zero attached hydrogens (tertiary/aromatic N) is 1. The molecule has 1 aromatic rings. The Balaban J connectivity index is 2.70. The van der Waals surface area contributed by atoms with Crippen molar-refractivity contribution in [2.45, 2.75) is 13.8 Å². The lowest BCUT2D eigenvalue weighted by molar-refractivity contribution is 0.0911. The average molecular weight is 250 g/mol. The Kier molecular flexibility index (Phi) is 4.73. The van der Waals surface area contributed by atoms with Crippen LogP contribution in [0.2, 0.25) is 0 Å². The van der Waals surface area contributed by atoms with Gasteiger partial charge in [0.25, 0.3) is 5.91 Å². The Morgan fingerprint density at radius 2 is 2.06 bits per heavy atom. The molecule has 0 radical (unpaired) electrons. The number of aliphatic hydroxyl groups is 1. The second-order valence-corrected chi connectivity index (χ2v) is 5.45. The Morgan fingerprint density at radius 1 is 1.39 bits per heavy atom. The molecule has 0 bridgehead atoms. The lowest BCUT2D eigenvalue weighted by Crippen LogP contribution is -2.36. The third-order valence-electron chi connectivity index (χ3n) is 2.78. The predicted octanol–water partition coefficient (Wildman–Crippen LogP) is 1.50. The van der Waals surface area contributed by atoms with E-state index in [4.69, 9.17) is 5.11 Å². The van der Waals surface area contributed by atoms with Crippen molar-refractivity contribution in [3.8, 4) is 0 Å². The largest absolute Gasteiger partial charge is 0.396 e. The molecule has 0 heterocycles. The first-order valence-electron chi connectivity index (χ1n) is 6.02. The minimum absolute atomic E-state index is 0.0466. The highest BCUT2D eigenvalue weighted by molar-refractivity contribution is 5.95. The van der Waals surface area contributed by atoms with Crippen molar-refractivity contribution in [2.75, 3.05) is 32.1 Å². The first-order valence-corrected chi connectivity index (χ1v) is 6.02. The zero-order valence-electron chi connectivity index (χ0n) is 11.5. The predicted molar refractivity (Wildman–Crippen MR) is 74.0 cm³/mol. The van der Waals surface area contributed by atoms with E-state index in [1.54, 1.807) is 6.07 Å². The maximum Gasteiger partial charge on any atom is 0.251 e. The molecule has 1 amide bonds. The van der Waals surface area contributed by atoms with Gasteiger partial charge in [-0.05, 0) is 18.2 Å². The van der Waals surface area contributed by atoms with E-state index >= 15 is 0 Å². The fourth-order valence-corrected chi connectivity index (χ4v) is 1.40. The summed E-state index contributed by atoms with van der Waals surface area (Å²) in [5.41, 5.74) is 1.33. The van der Waals surface area contributed by atoms with Crippen molar-refractivity contribution >= 4 is 11.6 Å². The van der Waals surface area contributed by atoms with Crippen molar-refractivity contribution in [1.29, 1.82) is 0 Å². The van der Waals surface area contributed by atoms with Crippen LogP contribution < -0.4 is 10.2 Å². The Hall–Kier alpha value is -1.55. The highest BCUT2D eigenvalue weighted by Crippen LogP contribution is 2.15. The normalized spacial score (nSPS) is 11.2. The Labute approximate surface area is 109 Å². The van der Waals surface area contributed by atoms with Gasteiger partial charge in [-0.3, -0.25) is 4.79 Å². The molecule has 0 aromatic heterocycles. The second-order valence-electron chi connectivity index (χ2n) is 5.45. The number of carbonyl (C=O) groups is 1. The Morgan fingerprint density at radius 3 is 2.61 bits per heavy atom. The number of nitrogens with one attached hydrogen (secondary N) is 1. The van der Waals surface area contributed by atoms with Crippen LogP contribution in [0.3, 0.4) is 0 Å². The van der Waals surface area contributed by atoms with Crippen LogP contribution in [0.15, 0.2) is 24.3 Å². The van der Waals surface area contributed by atoms with Crippen LogP contribution in [-0.2, 0) is 0 Å². The molecule has 0 atom stereocenters. The first kappa shape index (κ1) is 14.5. The molecule has 0 aliphatic rings. The standard InChI is InChI=1S/C14H22N2O2/c1-14(2,10-17)9-15-13(18)11-6-5-7-12(8-11)16(3)4/h5-8,17H,9-10H2,1-4H3,(H,15,18). The van der Waals surface area contributed by atoms with Gasteiger partial charge in [-0.15, -0.1) is 0 Å². The van der Waals surface area contributed by atoms with E-state index in [1.165, 1.54) is 0 Å². The number of benzene rings is 1. The van der Waals surface area contributed by atoms with Gasteiger partial charge in [0.1, 0.15) is 0 Å². The molecule has 0 fully saturated rings. The van der Waals surface area contributed by atoms with Crippen LogP contribution in [0, 0.1) is 5.41 Å². The van der Waals surface area contributed by atoms with Crippen LogP contribution in [0.4, 0.5) is 5.69 Å². The molecule has 1 rings (SSSR count). The summed E-state index contributed by atoms with van der Waals surface area (Å²) in [6.45, 7) is 4.31. The molecule has 4 nitrogen and oxygen atoms in total. The van der Waals surface area contributed by atoms with Gasteiger partial charge >= 0.3 is 0 Å². The van der Waals surface area contributed by atoms with Crippen LogP contribution in [0.5, 0.6) is 0 Å². The fourth-order valence-electron chi connectivity index (χ4n) is 1.40. The summed E-state index contributed by atoms with van der Waals surface area (Å²) < 4.78 is 0. The highest BCUT2D eigenvalue weighted by atomic mass is 16.3. The number of hydrogen-bond acceptors (Lipinski definition) is 3. The van der Waals surface area contributed by atoms with Gasteiger partial charge in [0.05, 0.1) is 0 Å². The summed E-state index contributed by atoms with van der Waals surface area (Å²) in [5.74, 6) is -0.111. The van der Waals surface area contributed by atoms with E-state index in [2.05, 4.69) is 5.32 Å². The number of amides is 1. The van der Waals surface area contributed by atoms with Gasteiger partial charge in [-0.25, -0.2) is 0 Å². The summed E-state index contributed by atoms with van der Waals surface area (Å²) in [5, 5.41) is 12.0. The number of carbonyl (C=O) groups excluding carboxylic acids is 1. The summed E-state index contributed by atoms with van der Waals surface area (Å²) in [6, 6.07) is 7.45. The molecule has 18 heavy (non-hydrogen) atoms. The van der Waals surface area contributed by atoms with E-state index in [9.17, 15) is 4.79 Å². The molecule has 1 aromatic carbocycles. The van der Waals surface area contributed by atoms with Gasteiger partial charge in [0.15, 0.2) is 0 Å². The minimum atomic E-state index is -0.297. The van der Waals surface area contributed by atoms with Crippen molar-refractivity contribution < 1.29 is 9.90 Å². The number of hydrogen-bond donors (Lipinski definition) is 2. The first-order chi connectivity index (χ1) is 8.35. The molecule has 0 spiro atoms. The summed E-state index contributed by atoms with van der Waals surface area (Å²) >= 11 is 0. The van der Waals surface area contributed by atoms with E-state index < -0.39 is 0 Å². The molecule has 0 saturated heterocycles. The van der Waals surface area contributed by atoms with E-state index in [-0.39, 0.29) is 17.9 Å². The van der Waals surface area contributed by atoms with Crippen LogP contribution in [-0.4, -0.2) is 38.3 Å². The van der Waals surface area contributed by atoms with Crippen LogP contribution >= 0.6 is 0 Å². The number of anilines is 1. The third kappa shape index (κ3) is 4.04. The maximum atomic E-state index is 12.0. The molecule has 2 N–H and O–H groups in total. The van der Waals surface area contributed by atoms with Gasteiger partial charge < -0.3 is 15.3 Å². The van der Waals surface area contributed by atoms with Crippen LogP contribution in [0.25, 0.3) is 0 Å². The molecule has 0 aliphatic heterocycles. The van der Waals surface area contributed by atoms with E-state index in [0.717, 1.165) is 5.69 Å². The number of rotatable bonds is 5. The summed E-state index contributed by atoms with van der Waals surface area (Å²) in [4.78, 5) is 13.9. The van der Waals surface area contributed by atoms with Gasteiger partial charge in [0.2, 0.25) is 0 Å². The molecule has 0 aliphatic carbocycles. The summed E-state index contributed by atoms with van der Waals surface area (Å²) in [6.07, 6.45) is 0. The topological polar surface area (TPSA) is 52.6 Å². The zero-order valence-corrected chi connectivity index (χ0v) is 11.5. The van der Waals surface area contributed by atoms with Crippen molar-refractivity contribution in [3.63, 3.8) is 0 Å². The molecule has 4 heteroatoms. The zero-order chi connectivity index (χ0) is 13.8. The smallest absolute Gasteiger partial charge is 0.251 e. The quantitative estimate of drug-likeness (QED) is 0.832. The van der Waals surface area contributed by atoms with E-state index in [0.29, 0.717) is 12.1 Å². The van der Waals surface area contributed by atoms with Gasteiger partial charge in [0, 0.05) is 43.9 Å². The molecular weight excluding hydrogens is 228 g/mol. The summed E-state index contributed by atoms with van der Waals surface area (Å²) in [7, 11) is 3.87. The third-order valence-corrected chi connectivity index (χ3v) is 2.78. The lowest BCUT2D eigenvalue weighted by atomic mass is 9.95. The minimum Gasteiger partial charge on any atom is -0.396 e.